The van der Waals surface area contributed by atoms with E-state index >= 15 is 0 Å². The fourth-order valence-electron chi connectivity index (χ4n) is 2.60. The van der Waals surface area contributed by atoms with Crippen molar-refractivity contribution in [1.29, 1.82) is 0 Å². The van der Waals surface area contributed by atoms with Gasteiger partial charge in [-0.3, -0.25) is 0 Å². The third-order valence-electron chi connectivity index (χ3n) is 3.64. The van der Waals surface area contributed by atoms with Crippen molar-refractivity contribution in [1.82, 2.24) is 0 Å². The van der Waals surface area contributed by atoms with E-state index in [4.69, 9.17) is 0 Å². The lowest BCUT2D eigenvalue weighted by molar-refractivity contribution is 0.221. The van der Waals surface area contributed by atoms with Crippen molar-refractivity contribution in [2.75, 3.05) is 0 Å². The molecule has 0 heterocycles. The Hall–Kier alpha value is -1.64. The van der Waals surface area contributed by atoms with Crippen LogP contribution in [0.25, 0.3) is 10.8 Å². The number of hydrogen-bond acceptors (Lipinski definition) is 1. The maximum Gasteiger partial charge on any atom is 0.105 e. The molecule has 100 valence electrons. The first-order valence-corrected chi connectivity index (χ1v) is 7.38. The summed E-state index contributed by atoms with van der Waals surface area (Å²) in [6, 6.07) is 20.2. The van der Waals surface area contributed by atoms with E-state index < -0.39 is 6.10 Å². The quantitative estimate of drug-likeness (QED) is 0.703. The van der Waals surface area contributed by atoms with Crippen LogP contribution in [0.15, 0.2) is 65.1 Å². The summed E-state index contributed by atoms with van der Waals surface area (Å²) < 4.78 is 1.03. The number of fused-ring (bicyclic) bond motifs is 1. The fourth-order valence-corrected chi connectivity index (χ4v) is 3.08. The minimum Gasteiger partial charge on any atom is -0.384 e. The lowest BCUT2D eigenvalue weighted by Gasteiger charge is -2.16. The SMILES string of the molecule is Cc1cc(Br)ccc1C(O)c1cccc2ccccc12. The Morgan fingerprint density at radius 1 is 0.900 bits per heavy atom. The van der Waals surface area contributed by atoms with Crippen LogP contribution in [-0.2, 0) is 0 Å². The molecule has 0 fully saturated rings. The molecule has 3 aromatic carbocycles. The van der Waals surface area contributed by atoms with Crippen LogP contribution >= 0.6 is 15.9 Å². The van der Waals surface area contributed by atoms with Crippen molar-refractivity contribution < 1.29 is 5.11 Å². The van der Waals surface area contributed by atoms with Gasteiger partial charge < -0.3 is 5.11 Å². The summed E-state index contributed by atoms with van der Waals surface area (Å²) in [6.45, 7) is 2.02. The highest BCUT2D eigenvalue weighted by Gasteiger charge is 2.15. The van der Waals surface area contributed by atoms with Gasteiger partial charge in [-0.25, -0.2) is 0 Å². The molecule has 0 aliphatic heterocycles. The summed E-state index contributed by atoms with van der Waals surface area (Å²) in [5, 5.41) is 13.0. The Labute approximate surface area is 127 Å². The van der Waals surface area contributed by atoms with E-state index in [2.05, 4.69) is 34.1 Å². The molecule has 20 heavy (non-hydrogen) atoms. The first kappa shape index (κ1) is 13.3. The van der Waals surface area contributed by atoms with Crippen LogP contribution in [0.2, 0.25) is 0 Å². The van der Waals surface area contributed by atoms with Gasteiger partial charge in [0, 0.05) is 4.47 Å². The number of hydrogen-bond donors (Lipinski definition) is 1. The maximum atomic E-state index is 10.7. The molecule has 1 N–H and O–H groups in total. The third kappa shape index (κ3) is 2.37. The van der Waals surface area contributed by atoms with Crippen LogP contribution in [0, 0.1) is 6.92 Å². The van der Waals surface area contributed by atoms with E-state index in [1.165, 1.54) is 0 Å². The molecule has 0 aliphatic carbocycles. The summed E-state index contributed by atoms with van der Waals surface area (Å²) in [4.78, 5) is 0. The largest absolute Gasteiger partial charge is 0.384 e. The average molecular weight is 327 g/mol. The van der Waals surface area contributed by atoms with Crippen molar-refractivity contribution in [2.24, 2.45) is 0 Å². The molecular formula is C18H15BrO. The normalized spacial score (nSPS) is 12.6. The van der Waals surface area contributed by atoms with Crippen molar-refractivity contribution >= 4 is 26.7 Å². The Bertz CT molecular complexity index is 759. The molecule has 1 nitrogen and oxygen atoms in total. The minimum atomic E-state index is -0.603. The molecule has 1 atom stereocenters. The van der Waals surface area contributed by atoms with Crippen LogP contribution in [0.3, 0.4) is 0 Å². The molecular weight excluding hydrogens is 312 g/mol. The van der Waals surface area contributed by atoms with E-state index in [-0.39, 0.29) is 0 Å². The van der Waals surface area contributed by atoms with Gasteiger partial charge in [0.05, 0.1) is 0 Å². The van der Waals surface area contributed by atoms with E-state index in [0.29, 0.717) is 0 Å². The van der Waals surface area contributed by atoms with Crippen LogP contribution in [0.5, 0.6) is 0 Å². The zero-order chi connectivity index (χ0) is 14.1. The summed E-state index contributed by atoms with van der Waals surface area (Å²) in [5.41, 5.74) is 2.98. The first-order valence-electron chi connectivity index (χ1n) is 6.58. The van der Waals surface area contributed by atoms with E-state index in [9.17, 15) is 5.11 Å². The Balaban J connectivity index is 2.15. The van der Waals surface area contributed by atoms with Gasteiger partial charge in [0.15, 0.2) is 0 Å². The van der Waals surface area contributed by atoms with Gasteiger partial charge in [-0.1, -0.05) is 64.5 Å². The van der Waals surface area contributed by atoms with Crippen molar-refractivity contribution in [3.8, 4) is 0 Å². The van der Waals surface area contributed by atoms with Gasteiger partial charge in [-0.15, -0.1) is 0 Å². The monoisotopic (exact) mass is 326 g/mol. The number of benzene rings is 3. The van der Waals surface area contributed by atoms with Gasteiger partial charge in [0.1, 0.15) is 6.10 Å². The summed E-state index contributed by atoms with van der Waals surface area (Å²) in [7, 11) is 0. The average Bonchev–Trinajstić information content (AvgIpc) is 2.46. The van der Waals surface area contributed by atoms with Crippen LogP contribution in [-0.4, -0.2) is 5.11 Å². The molecule has 2 heteroatoms. The molecule has 1 unspecified atom stereocenters. The molecule has 0 saturated heterocycles. The summed E-state index contributed by atoms with van der Waals surface area (Å²) >= 11 is 3.46. The van der Waals surface area contributed by atoms with Crippen LogP contribution < -0.4 is 0 Å². The number of halogens is 1. The van der Waals surface area contributed by atoms with Crippen molar-refractivity contribution in [3.63, 3.8) is 0 Å². The Kier molecular flexibility index (Phi) is 3.60. The zero-order valence-corrected chi connectivity index (χ0v) is 12.8. The highest BCUT2D eigenvalue weighted by Crippen LogP contribution is 2.31. The summed E-state index contributed by atoms with van der Waals surface area (Å²) in [5.74, 6) is 0. The van der Waals surface area contributed by atoms with Gasteiger partial charge in [-0.05, 0) is 46.5 Å². The molecule has 3 rings (SSSR count). The minimum absolute atomic E-state index is 0.603. The van der Waals surface area contributed by atoms with Crippen molar-refractivity contribution in [3.05, 3.63) is 81.8 Å². The second kappa shape index (κ2) is 5.39. The lowest BCUT2D eigenvalue weighted by atomic mass is 9.93. The van der Waals surface area contributed by atoms with Gasteiger partial charge in [-0.2, -0.15) is 0 Å². The molecule has 0 aromatic heterocycles. The highest BCUT2D eigenvalue weighted by atomic mass is 79.9. The second-order valence-electron chi connectivity index (χ2n) is 4.97. The molecule has 3 aromatic rings. The number of aliphatic hydroxyl groups is 1. The second-order valence-corrected chi connectivity index (χ2v) is 5.89. The lowest BCUT2D eigenvalue weighted by Crippen LogP contribution is -2.02. The molecule has 0 bridgehead atoms. The van der Waals surface area contributed by atoms with E-state index in [1.54, 1.807) is 0 Å². The predicted molar refractivity (Wildman–Crippen MR) is 86.9 cm³/mol. The molecule has 0 radical (unpaired) electrons. The van der Waals surface area contributed by atoms with Crippen molar-refractivity contribution in [2.45, 2.75) is 13.0 Å². The Morgan fingerprint density at radius 3 is 2.45 bits per heavy atom. The molecule has 0 saturated carbocycles. The topological polar surface area (TPSA) is 20.2 Å². The fraction of sp³-hybridized carbons (Fsp3) is 0.111. The first-order chi connectivity index (χ1) is 9.66. The molecule has 0 spiro atoms. The smallest absolute Gasteiger partial charge is 0.105 e. The highest BCUT2D eigenvalue weighted by molar-refractivity contribution is 9.10. The predicted octanol–water partition coefficient (Wildman–Crippen LogP) is 4.99. The zero-order valence-electron chi connectivity index (χ0n) is 11.2. The van der Waals surface area contributed by atoms with Gasteiger partial charge in [0.2, 0.25) is 0 Å². The van der Waals surface area contributed by atoms with E-state index in [1.807, 2.05) is 49.4 Å². The molecule has 0 aliphatic rings. The van der Waals surface area contributed by atoms with Crippen LogP contribution in [0.4, 0.5) is 0 Å². The maximum absolute atomic E-state index is 10.7. The number of rotatable bonds is 2. The standard InChI is InChI=1S/C18H15BrO/c1-12-11-14(19)9-10-15(12)18(20)17-8-4-6-13-5-2-3-7-16(13)17/h2-11,18,20H,1H3. The van der Waals surface area contributed by atoms with Gasteiger partial charge >= 0.3 is 0 Å². The number of aryl methyl sites for hydroxylation is 1. The Morgan fingerprint density at radius 2 is 1.65 bits per heavy atom. The van der Waals surface area contributed by atoms with Gasteiger partial charge in [0.25, 0.3) is 0 Å². The third-order valence-corrected chi connectivity index (χ3v) is 4.14. The molecule has 0 amide bonds. The number of aliphatic hydroxyl groups excluding tert-OH is 1. The van der Waals surface area contributed by atoms with E-state index in [0.717, 1.165) is 31.9 Å². The van der Waals surface area contributed by atoms with Crippen LogP contribution in [0.1, 0.15) is 22.8 Å². The summed E-state index contributed by atoms with van der Waals surface area (Å²) in [6.07, 6.45) is -0.603.